The van der Waals surface area contributed by atoms with Gasteiger partial charge in [0.05, 0.1) is 20.8 Å². The monoisotopic (exact) mass is 494 g/mol. The number of ether oxygens (including phenoxy) is 2. The number of rotatable bonds is 7. The number of carbonyl (C=O) groups is 1. The smallest absolute Gasteiger partial charge is 0.257 e. The Morgan fingerprint density at radius 2 is 1.39 bits per heavy atom. The van der Waals surface area contributed by atoms with Gasteiger partial charge in [0.1, 0.15) is 24.7 Å². The van der Waals surface area contributed by atoms with Crippen molar-refractivity contribution in [2.45, 2.75) is 0 Å². The van der Waals surface area contributed by atoms with Crippen LogP contribution in [0.1, 0.15) is 10.4 Å². The summed E-state index contributed by atoms with van der Waals surface area (Å²) >= 11 is 23.2. The van der Waals surface area contributed by atoms with Crippen molar-refractivity contribution < 1.29 is 14.3 Å². The molecule has 0 aromatic heterocycles. The van der Waals surface area contributed by atoms with Crippen LogP contribution < -0.4 is 20.1 Å². The Morgan fingerprint density at radius 1 is 0.806 bits per heavy atom. The number of nitrogens with one attached hydrogen (secondary N) is 2. The summed E-state index contributed by atoms with van der Waals surface area (Å²) in [7, 11) is 0. The summed E-state index contributed by atoms with van der Waals surface area (Å²) in [5.41, 5.74) is 0.847. The molecule has 0 aliphatic carbocycles. The van der Waals surface area contributed by atoms with Crippen LogP contribution in [0.2, 0.25) is 15.1 Å². The van der Waals surface area contributed by atoms with Gasteiger partial charge in [-0.2, -0.15) is 0 Å². The summed E-state index contributed by atoms with van der Waals surface area (Å²) in [6.07, 6.45) is 0. The van der Waals surface area contributed by atoms with Crippen molar-refractivity contribution in [1.82, 2.24) is 5.32 Å². The first-order valence-corrected chi connectivity index (χ1v) is 10.6. The van der Waals surface area contributed by atoms with Crippen LogP contribution in [0.3, 0.4) is 0 Å². The van der Waals surface area contributed by atoms with Gasteiger partial charge in [0.15, 0.2) is 5.11 Å². The van der Waals surface area contributed by atoms with E-state index in [0.717, 1.165) is 5.75 Å². The van der Waals surface area contributed by atoms with E-state index >= 15 is 0 Å². The van der Waals surface area contributed by atoms with E-state index in [2.05, 4.69) is 10.6 Å². The van der Waals surface area contributed by atoms with Crippen LogP contribution in [0, 0.1) is 0 Å². The van der Waals surface area contributed by atoms with Crippen molar-refractivity contribution in [2.75, 3.05) is 18.5 Å². The number of halogens is 3. The number of anilines is 1. The third-order valence-corrected chi connectivity index (χ3v) is 5.20. The zero-order chi connectivity index (χ0) is 22.2. The molecule has 1 amide bonds. The summed E-state index contributed by atoms with van der Waals surface area (Å²) in [5, 5.41) is 6.43. The highest BCUT2D eigenvalue weighted by atomic mass is 35.5. The topological polar surface area (TPSA) is 59.6 Å². The quantitative estimate of drug-likeness (QED) is 0.231. The second-order valence-corrected chi connectivity index (χ2v) is 7.82. The third-order valence-electron chi connectivity index (χ3n) is 3.97. The molecule has 3 rings (SSSR count). The highest BCUT2D eigenvalue weighted by Gasteiger charge is 2.11. The lowest BCUT2D eigenvalue weighted by molar-refractivity contribution is 0.0977. The molecular formula is C22H17Cl3N2O3S. The van der Waals surface area contributed by atoms with E-state index in [4.69, 9.17) is 56.5 Å². The number of benzene rings is 3. The van der Waals surface area contributed by atoms with E-state index in [9.17, 15) is 4.79 Å². The predicted molar refractivity (Wildman–Crippen MR) is 129 cm³/mol. The van der Waals surface area contributed by atoms with Gasteiger partial charge in [0, 0.05) is 5.56 Å². The van der Waals surface area contributed by atoms with Crippen molar-refractivity contribution in [2.24, 2.45) is 0 Å². The average molecular weight is 496 g/mol. The summed E-state index contributed by atoms with van der Waals surface area (Å²) in [4.78, 5) is 12.4. The molecule has 9 heteroatoms. The van der Waals surface area contributed by atoms with E-state index in [1.165, 1.54) is 12.1 Å². The van der Waals surface area contributed by atoms with Crippen LogP contribution in [-0.2, 0) is 0 Å². The molecule has 0 saturated carbocycles. The van der Waals surface area contributed by atoms with Gasteiger partial charge in [0.2, 0.25) is 0 Å². The Bertz CT molecular complexity index is 1060. The molecule has 0 aliphatic rings. The van der Waals surface area contributed by atoms with Crippen LogP contribution >= 0.6 is 47.0 Å². The normalized spacial score (nSPS) is 10.3. The first kappa shape index (κ1) is 23.2. The van der Waals surface area contributed by atoms with Crippen molar-refractivity contribution in [3.63, 3.8) is 0 Å². The Kier molecular flexibility index (Phi) is 8.37. The van der Waals surface area contributed by atoms with Gasteiger partial charge in [-0.15, -0.1) is 0 Å². The number of hydrogen-bond donors (Lipinski definition) is 2. The predicted octanol–water partition coefficient (Wildman–Crippen LogP) is 6.23. The van der Waals surface area contributed by atoms with Crippen molar-refractivity contribution >= 4 is 63.7 Å². The van der Waals surface area contributed by atoms with E-state index in [1.807, 2.05) is 30.3 Å². The number of para-hydroxylation sites is 1. The van der Waals surface area contributed by atoms with Gasteiger partial charge in [-0.05, 0) is 60.7 Å². The fourth-order valence-corrected chi connectivity index (χ4v) is 3.28. The molecule has 160 valence electrons. The van der Waals surface area contributed by atoms with Gasteiger partial charge in [-0.3, -0.25) is 10.1 Å². The van der Waals surface area contributed by atoms with Crippen molar-refractivity contribution in [1.29, 1.82) is 0 Å². The number of thiocarbonyl (C=S) groups is 1. The standard InChI is InChI=1S/C22H17Cl3N2O3S/c23-17-12-19(25)20(13-18(17)24)26-22(31)27-21(28)14-6-8-16(9-7-14)30-11-10-29-15-4-2-1-3-5-15/h1-9,12-13H,10-11H2,(H2,26,27,28,31). The molecule has 3 aromatic rings. The minimum Gasteiger partial charge on any atom is -0.490 e. The van der Waals surface area contributed by atoms with Crippen LogP contribution in [0.4, 0.5) is 5.69 Å². The van der Waals surface area contributed by atoms with Crippen LogP contribution in [-0.4, -0.2) is 24.2 Å². The average Bonchev–Trinajstić information content (AvgIpc) is 2.76. The first-order chi connectivity index (χ1) is 14.9. The molecule has 3 aromatic carbocycles. The Balaban J connectivity index is 1.47. The summed E-state index contributed by atoms with van der Waals surface area (Å²) < 4.78 is 11.2. The minimum absolute atomic E-state index is 0.0728. The van der Waals surface area contributed by atoms with Crippen molar-refractivity contribution in [3.8, 4) is 11.5 Å². The fourth-order valence-electron chi connectivity index (χ4n) is 2.49. The Labute approximate surface area is 200 Å². The van der Waals surface area contributed by atoms with Crippen LogP contribution in [0.5, 0.6) is 11.5 Å². The fraction of sp³-hybridized carbons (Fsp3) is 0.0909. The lowest BCUT2D eigenvalue weighted by Crippen LogP contribution is -2.34. The number of amides is 1. The molecule has 0 atom stereocenters. The first-order valence-electron chi connectivity index (χ1n) is 9.10. The molecule has 0 spiro atoms. The van der Waals surface area contributed by atoms with Gasteiger partial charge in [0.25, 0.3) is 5.91 Å². The van der Waals surface area contributed by atoms with Crippen molar-refractivity contribution in [3.05, 3.63) is 87.4 Å². The zero-order valence-corrected chi connectivity index (χ0v) is 19.1. The summed E-state index contributed by atoms with van der Waals surface area (Å²) in [6.45, 7) is 0.780. The Morgan fingerprint density at radius 3 is 2.03 bits per heavy atom. The number of hydrogen-bond acceptors (Lipinski definition) is 4. The minimum atomic E-state index is -0.382. The molecule has 0 unspecified atom stereocenters. The largest absolute Gasteiger partial charge is 0.490 e. The Hall–Kier alpha value is -2.51. The molecule has 0 fully saturated rings. The number of carbonyl (C=O) groups excluding carboxylic acids is 1. The van der Waals surface area contributed by atoms with Crippen LogP contribution in [0.15, 0.2) is 66.7 Å². The lowest BCUT2D eigenvalue weighted by atomic mass is 10.2. The summed E-state index contributed by atoms with van der Waals surface area (Å²) in [5.74, 6) is 1.02. The van der Waals surface area contributed by atoms with Crippen LogP contribution in [0.25, 0.3) is 0 Å². The second kappa shape index (κ2) is 11.2. The molecule has 0 bridgehead atoms. The van der Waals surface area contributed by atoms with Gasteiger partial charge < -0.3 is 14.8 Å². The molecule has 0 aliphatic heterocycles. The molecule has 5 nitrogen and oxygen atoms in total. The van der Waals surface area contributed by atoms with E-state index in [0.29, 0.717) is 45.3 Å². The maximum absolute atomic E-state index is 12.4. The van der Waals surface area contributed by atoms with E-state index in [1.54, 1.807) is 24.3 Å². The molecule has 31 heavy (non-hydrogen) atoms. The van der Waals surface area contributed by atoms with E-state index < -0.39 is 0 Å². The maximum Gasteiger partial charge on any atom is 0.257 e. The molecule has 2 N–H and O–H groups in total. The SMILES string of the molecule is O=C(NC(=S)Nc1cc(Cl)c(Cl)cc1Cl)c1ccc(OCCOc2ccccc2)cc1. The van der Waals surface area contributed by atoms with Gasteiger partial charge >= 0.3 is 0 Å². The molecule has 0 radical (unpaired) electrons. The second-order valence-electron chi connectivity index (χ2n) is 6.19. The van der Waals surface area contributed by atoms with Gasteiger partial charge in [-0.25, -0.2) is 0 Å². The summed E-state index contributed by atoms with van der Waals surface area (Å²) in [6, 6.07) is 19.2. The highest BCUT2D eigenvalue weighted by Crippen LogP contribution is 2.32. The molecule has 0 heterocycles. The lowest BCUT2D eigenvalue weighted by Gasteiger charge is -2.12. The zero-order valence-electron chi connectivity index (χ0n) is 16.0. The maximum atomic E-state index is 12.4. The molecular weight excluding hydrogens is 479 g/mol. The third kappa shape index (κ3) is 7.01. The highest BCUT2D eigenvalue weighted by molar-refractivity contribution is 7.80. The van der Waals surface area contributed by atoms with E-state index in [-0.39, 0.29) is 11.0 Å². The van der Waals surface area contributed by atoms with Gasteiger partial charge in [-0.1, -0.05) is 53.0 Å². The molecule has 0 saturated heterocycles.